The minimum atomic E-state index is -0.0888. The van der Waals surface area contributed by atoms with Gasteiger partial charge in [-0.2, -0.15) is 0 Å². The van der Waals surface area contributed by atoms with E-state index in [1.54, 1.807) is 4.90 Å². The molecule has 2 aliphatic heterocycles. The molecule has 0 aliphatic carbocycles. The minimum absolute atomic E-state index is 0.0265. The van der Waals surface area contributed by atoms with Gasteiger partial charge >= 0.3 is 0 Å². The Hall–Kier alpha value is -2.04. The maximum absolute atomic E-state index is 12.1. The summed E-state index contributed by atoms with van der Waals surface area (Å²) in [6, 6.07) is 6.06. The van der Waals surface area contributed by atoms with E-state index in [4.69, 9.17) is 4.74 Å². The molecule has 2 aliphatic rings. The molecule has 0 saturated carbocycles. The van der Waals surface area contributed by atoms with Crippen LogP contribution in [0.25, 0.3) is 0 Å². The van der Waals surface area contributed by atoms with Crippen molar-refractivity contribution in [3.8, 4) is 5.75 Å². The summed E-state index contributed by atoms with van der Waals surface area (Å²) in [7, 11) is 0. The lowest BCUT2D eigenvalue weighted by atomic mass is 10.1. The fourth-order valence-corrected chi connectivity index (χ4v) is 3.02. The topological polar surface area (TPSA) is 58.6 Å². The molecular weight excluding hydrogens is 268 g/mol. The number of carbonyl (C=O) groups excluding carboxylic acids is 2. The van der Waals surface area contributed by atoms with E-state index in [9.17, 15) is 9.59 Å². The predicted molar refractivity (Wildman–Crippen MR) is 78.1 cm³/mol. The molecule has 0 aromatic heterocycles. The van der Waals surface area contributed by atoms with Crippen molar-refractivity contribution < 1.29 is 14.3 Å². The highest BCUT2D eigenvalue weighted by molar-refractivity contribution is 5.87. The number of nitrogens with one attached hydrogen (secondary N) is 1. The molecule has 1 fully saturated rings. The third kappa shape index (κ3) is 2.86. The van der Waals surface area contributed by atoms with Crippen LogP contribution in [0.3, 0.4) is 0 Å². The van der Waals surface area contributed by atoms with E-state index in [1.165, 1.54) is 11.1 Å². The van der Waals surface area contributed by atoms with Crippen LogP contribution in [0, 0.1) is 6.92 Å². The second kappa shape index (κ2) is 5.39. The van der Waals surface area contributed by atoms with E-state index in [-0.39, 0.29) is 30.5 Å². The molecule has 0 bridgehead atoms. The summed E-state index contributed by atoms with van der Waals surface area (Å²) in [6.45, 7) is 4.59. The van der Waals surface area contributed by atoms with Gasteiger partial charge in [0.1, 0.15) is 11.9 Å². The van der Waals surface area contributed by atoms with E-state index < -0.39 is 0 Å². The van der Waals surface area contributed by atoms with Crippen LogP contribution in [0.1, 0.15) is 24.5 Å². The van der Waals surface area contributed by atoms with Gasteiger partial charge < -0.3 is 15.0 Å². The number of benzene rings is 1. The highest BCUT2D eigenvalue weighted by Gasteiger charge is 2.31. The number of hydrogen-bond acceptors (Lipinski definition) is 3. The molecule has 1 saturated heterocycles. The molecule has 0 radical (unpaired) electrons. The summed E-state index contributed by atoms with van der Waals surface area (Å²) < 4.78 is 5.93. The van der Waals surface area contributed by atoms with Crippen molar-refractivity contribution in [1.82, 2.24) is 10.2 Å². The molecule has 21 heavy (non-hydrogen) atoms. The smallest absolute Gasteiger partial charge is 0.242 e. The monoisotopic (exact) mass is 288 g/mol. The predicted octanol–water partition coefficient (Wildman–Crippen LogP) is 1.04. The van der Waals surface area contributed by atoms with Crippen LogP contribution in [0.4, 0.5) is 0 Å². The fourth-order valence-electron chi connectivity index (χ4n) is 3.02. The Bertz CT molecular complexity index is 585. The first-order valence-corrected chi connectivity index (χ1v) is 7.35. The van der Waals surface area contributed by atoms with Gasteiger partial charge in [-0.05, 0) is 25.5 Å². The number of ether oxygens (including phenoxy) is 1. The van der Waals surface area contributed by atoms with Crippen molar-refractivity contribution in [3.05, 3.63) is 29.3 Å². The lowest BCUT2D eigenvalue weighted by Crippen LogP contribution is -2.45. The third-order valence-electron chi connectivity index (χ3n) is 4.13. The first-order chi connectivity index (χ1) is 10.0. The minimum Gasteiger partial charge on any atom is -0.488 e. The molecule has 2 atom stereocenters. The quantitative estimate of drug-likeness (QED) is 0.884. The first kappa shape index (κ1) is 13.9. The summed E-state index contributed by atoms with van der Waals surface area (Å²) in [5, 5.41) is 2.63. The van der Waals surface area contributed by atoms with Crippen LogP contribution in [-0.2, 0) is 16.0 Å². The second-order valence-electron chi connectivity index (χ2n) is 5.93. The Balaban J connectivity index is 1.70. The molecule has 2 unspecified atom stereocenters. The highest BCUT2D eigenvalue weighted by Crippen LogP contribution is 2.30. The van der Waals surface area contributed by atoms with Crippen LogP contribution in [0.15, 0.2) is 18.2 Å². The van der Waals surface area contributed by atoms with Gasteiger partial charge in [-0.25, -0.2) is 0 Å². The molecule has 2 heterocycles. The van der Waals surface area contributed by atoms with Crippen LogP contribution in [-0.4, -0.2) is 41.9 Å². The van der Waals surface area contributed by atoms with Crippen molar-refractivity contribution in [3.63, 3.8) is 0 Å². The zero-order valence-electron chi connectivity index (χ0n) is 12.4. The molecule has 112 valence electrons. The van der Waals surface area contributed by atoms with Crippen LogP contribution in [0.5, 0.6) is 5.75 Å². The van der Waals surface area contributed by atoms with Crippen molar-refractivity contribution >= 4 is 11.8 Å². The van der Waals surface area contributed by atoms with Crippen molar-refractivity contribution in [2.75, 3.05) is 13.1 Å². The van der Waals surface area contributed by atoms with Gasteiger partial charge in [-0.15, -0.1) is 0 Å². The molecule has 0 spiro atoms. The average molecular weight is 288 g/mol. The van der Waals surface area contributed by atoms with E-state index in [0.29, 0.717) is 13.0 Å². The summed E-state index contributed by atoms with van der Waals surface area (Å²) in [6.07, 6.45) is 1.14. The van der Waals surface area contributed by atoms with Crippen molar-refractivity contribution in [2.24, 2.45) is 0 Å². The van der Waals surface area contributed by atoms with Gasteiger partial charge in [0.15, 0.2) is 0 Å². The van der Waals surface area contributed by atoms with E-state index in [2.05, 4.69) is 18.3 Å². The molecular formula is C16H20N2O3. The van der Waals surface area contributed by atoms with Gasteiger partial charge in [-0.1, -0.05) is 17.7 Å². The molecule has 5 nitrogen and oxygen atoms in total. The normalized spacial score (nSPS) is 25.1. The number of aryl methyl sites for hydroxylation is 1. The Labute approximate surface area is 124 Å². The highest BCUT2D eigenvalue weighted by atomic mass is 16.5. The van der Waals surface area contributed by atoms with Gasteiger partial charge in [0.25, 0.3) is 0 Å². The molecule has 1 aromatic carbocycles. The molecule has 5 heteroatoms. The molecule has 1 aromatic rings. The van der Waals surface area contributed by atoms with Crippen LogP contribution in [0.2, 0.25) is 0 Å². The van der Waals surface area contributed by atoms with Crippen molar-refractivity contribution in [2.45, 2.75) is 38.8 Å². The van der Waals surface area contributed by atoms with Gasteiger partial charge in [-0.3, -0.25) is 9.59 Å². The summed E-state index contributed by atoms with van der Waals surface area (Å²) >= 11 is 0. The Morgan fingerprint density at radius 2 is 2.14 bits per heavy atom. The Kier molecular flexibility index (Phi) is 3.57. The SMILES string of the molecule is Cc1ccc2c(c1)CC(CN1C(=O)CNC(=O)CC1C)O2. The maximum Gasteiger partial charge on any atom is 0.242 e. The molecule has 2 amide bonds. The lowest BCUT2D eigenvalue weighted by Gasteiger charge is -2.28. The van der Waals surface area contributed by atoms with Crippen LogP contribution < -0.4 is 10.1 Å². The van der Waals surface area contributed by atoms with Crippen molar-refractivity contribution in [1.29, 1.82) is 0 Å². The number of amides is 2. The average Bonchev–Trinajstić information content (AvgIpc) is 2.78. The number of nitrogens with zero attached hydrogens (tertiary/aromatic N) is 1. The third-order valence-corrected chi connectivity index (χ3v) is 4.13. The zero-order valence-corrected chi connectivity index (χ0v) is 12.4. The van der Waals surface area contributed by atoms with Crippen LogP contribution >= 0.6 is 0 Å². The fraction of sp³-hybridized carbons (Fsp3) is 0.500. The largest absolute Gasteiger partial charge is 0.488 e. The van der Waals surface area contributed by atoms with Gasteiger partial charge in [0, 0.05) is 18.9 Å². The lowest BCUT2D eigenvalue weighted by molar-refractivity contribution is -0.132. The summed E-state index contributed by atoms with van der Waals surface area (Å²) in [5.41, 5.74) is 2.41. The van der Waals surface area contributed by atoms with E-state index >= 15 is 0 Å². The van der Waals surface area contributed by atoms with E-state index in [1.807, 2.05) is 19.1 Å². The zero-order chi connectivity index (χ0) is 15.0. The summed E-state index contributed by atoms with van der Waals surface area (Å²) in [5.74, 6) is 0.809. The second-order valence-corrected chi connectivity index (χ2v) is 5.93. The number of hydrogen-bond donors (Lipinski definition) is 1. The maximum atomic E-state index is 12.1. The van der Waals surface area contributed by atoms with Gasteiger partial charge in [0.2, 0.25) is 11.8 Å². The number of fused-ring (bicyclic) bond motifs is 1. The number of carbonyl (C=O) groups is 2. The Morgan fingerprint density at radius 3 is 2.95 bits per heavy atom. The van der Waals surface area contributed by atoms with E-state index in [0.717, 1.165) is 12.2 Å². The Morgan fingerprint density at radius 1 is 1.33 bits per heavy atom. The van der Waals surface area contributed by atoms with Gasteiger partial charge in [0.05, 0.1) is 13.1 Å². The summed E-state index contributed by atoms with van der Waals surface area (Å²) in [4.78, 5) is 25.4. The molecule has 3 rings (SSSR count). The number of rotatable bonds is 2. The standard InChI is InChI=1S/C16H20N2O3/c1-10-3-4-14-12(5-10)7-13(21-14)9-18-11(2)6-15(19)17-8-16(18)20/h3-5,11,13H,6-9H2,1-2H3,(H,17,19). The molecule has 1 N–H and O–H groups in total. The first-order valence-electron chi connectivity index (χ1n) is 7.35.